The quantitative estimate of drug-likeness (QED) is 0.508. The molecule has 3 N–H and O–H groups in total. The highest BCUT2D eigenvalue weighted by atomic mass is 16.7. The van der Waals surface area contributed by atoms with Crippen molar-refractivity contribution in [3.63, 3.8) is 0 Å². The standard InChI is InChI=1S/C20H17N5O2/c1-21-13-3-2-4-14(10-13)23-20-24-15-7-8-22-19(15)18(25-20)12-5-6-16-17(9-12)27-11-26-16/h2-10,21-22H,11H2,1H3,(H,23,24,25). The van der Waals surface area contributed by atoms with Crippen LogP contribution in [-0.2, 0) is 0 Å². The maximum Gasteiger partial charge on any atom is 0.231 e. The zero-order valence-electron chi connectivity index (χ0n) is 14.6. The smallest absolute Gasteiger partial charge is 0.231 e. The van der Waals surface area contributed by atoms with Crippen LogP contribution in [0.15, 0.2) is 54.7 Å². The van der Waals surface area contributed by atoms with Gasteiger partial charge in [-0.25, -0.2) is 9.97 Å². The number of H-pyrrole nitrogens is 1. The molecule has 27 heavy (non-hydrogen) atoms. The van der Waals surface area contributed by atoms with Crippen LogP contribution in [0.3, 0.4) is 0 Å². The molecule has 0 atom stereocenters. The van der Waals surface area contributed by atoms with Gasteiger partial charge < -0.3 is 25.1 Å². The Balaban J connectivity index is 1.59. The Bertz CT molecular complexity index is 1140. The number of aromatic amines is 1. The molecule has 4 aromatic rings. The second-order valence-electron chi connectivity index (χ2n) is 6.16. The highest BCUT2D eigenvalue weighted by Gasteiger charge is 2.17. The summed E-state index contributed by atoms with van der Waals surface area (Å²) in [5.41, 5.74) is 5.37. The van der Waals surface area contributed by atoms with E-state index in [-0.39, 0.29) is 6.79 Å². The molecule has 0 bridgehead atoms. The van der Waals surface area contributed by atoms with Crippen LogP contribution in [0.5, 0.6) is 11.5 Å². The summed E-state index contributed by atoms with van der Waals surface area (Å²) in [6, 6.07) is 15.7. The van der Waals surface area contributed by atoms with Gasteiger partial charge in [0, 0.05) is 30.2 Å². The third-order valence-electron chi connectivity index (χ3n) is 4.46. The fourth-order valence-electron chi connectivity index (χ4n) is 3.14. The van der Waals surface area contributed by atoms with Crippen molar-refractivity contribution >= 4 is 28.4 Å². The van der Waals surface area contributed by atoms with Gasteiger partial charge in [-0.1, -0.05) is 6.07 Å². The summed E-state index contributed by atoms with van der Waals surface area (Å²) in [5.74, 6) is 2.00. The molecule has 2 aromatic heterocycles. The topological polar surface area (TPSA) is 84.1 Å². The fraction of sp³-hybridized carbons (Fsp3) is 0.100. The monoisotopic (exact) mass is 359 g/mol. The average molecular weight is 359 g/mol. The van der Waals surface area contributed by atoms with Gasteiger partial charge in [0.1, 0.15) is 5.69 Å². The van der Waals surface area contributed by atoms with Crippen molar-refractivity contribution in [2.75, 3.05) is 24.5 Å². The number of rotatable bonds is 4. The molecular formula is C20H17N5O2. The highest BCUT2D eigenvalue weighted by Crippen LogP contribution is 2.37. The molecule has 1 aliphatic heterocycles. The summed E-state index contributed by atoms with van der Waals surface area (Å²) in [6.45, 7) is 0.245. The number of nitrogens with zero attached hydrogens (tertiary/aromatic N) is 2. The molecule has 2 aromatic carbocycles. The second kappa shape index (κ2) is 6.21. The van der Waals surface area contributed by atoms with Crippen molar-refractivity contribution in [1.82, 2.24) is 15.0 Å². The van der Waals surface area contributed by atoms with Gasteiger partial charge in [0.25, 0.3) is 0 Å². The lowest BCUT2D eigenvalue weighted by Gasteiger charge is -2.10. The van der Waals surface area contributed by atoms with Crippen molar-refractivity contribution in [3.05, 3.63) is 54.7 Å². The molecule has 0 amide bonds. The van der Waals surface area contributed by atoms with E-state index in [1.165, 1.54) is 0 Å². The lowest BCUT2D eigenvalue weighted by molar-refractivity contribution is 0.174. The lowest BCUT2D eigenvalue weighted by Crippen LogP contribution is -2.00. The van der Waals surface area contributed by atoms with Gasteiger partial charge >= 0.3 is 0 Å². The number of nitrogens with one attached hydrogen (secondary N) is 3. The maximum absolute atomic E-state index is 5.51. The van der Waals surface area contributed by atoms with E-state index in [1.54, 1.807) is 0 Å². The van der Waals surface area contributed by atoms with Crippen molar-refractivity contribution in [2.24, 2.45) is 0 Å². The largest absolute Gasteiger partial charge is 0.454 e. The van der Waals surface area contributed by atoms with E-state index in [0.717, 1.165) is 45.2 Å². The minimum absolute atomic E-state index is 0.245. The van der Waals surface area contributed by atoms with Crippen LogP contribution in [0, 0.1) is 0 Å². The van der Waals surface area contributed by atoms with E-state index in [2.05, 4.69) is 20.6 Å². The van der Waals surface area contributed by atoms with Gasteiger partial charge in [0.05, 0.1) is 11.0 Å². The van der Waals surface area contributed by atoms with Crippen LogP contribution in [0.4, 0.5) is 17.3 Å². The Labute approximate surface area is 155 Å². The van der Waals surface area contributed by atoms with E-state index >= 15 is 0 Å². The van der Waals surface area contributed by atoms with Crippen LogP contribution < -0.4 is 20.1 Å². The Morgan fingerprint density at radius 2 is 1.85 bits per heavy atom. The molecule has 5 rings (SSSR count). The summed E-state index contributed by atoms with van der Waals surface area (Å²) < 4.78 is 10.9. The number of hydrogen-bond donors (Lipinski definition) is 3. The normalized spacial score (nSPS) is 12.3. The summed E-state index contributed by atoms with van der Waals surface area (Å²) in [7, 11) is 1.89. The van der Waals surface area contributed by atoms with Gasteiger partial charge in [-0.2, -0.15) is 0 Å². The number of ether oxygens (including phenoxy) is 2. The first-order chi connectivity index (χ1) is 13.3. The Morgan fingerprint density at radius 3 is 2.78 bits per heavy atom. The SMILES string of the molecule is CNc1cccc(Nc2nc(-c3ccc4c(c3)OCO4)c3[nH]ccc3n2)c1. The number of fused-ring (bicyclic) bond motifs is 2. The molecule has 3 heterocycles. The third-order valence-corrected chi connectivity index (χ3v) is 4.46. The first-order valence-corrected chi connectivity index (χ1v) is 8.60. The van der Waals surface area contributed by atoms with E-state index < -0.39 is 0 Å². The predicted molar refractivity (Wildman–Crippen MR) is 105 cm³/mol. The zero-order chi connectivity index (χ0) is 18.2. The van der Waals surface area contributed by atoms with E-state index in [0.29, 0.717) is 5.95 Å². The Morgan fingerprint density at radius 1 is 0.963 bits per heavy atom. The lowest BCUT2D eigenvalue weighted by atomic mass is 10.1. The van der Waals surface area contributed by atoms with Gasteiger partial charge in [-0.3, -0.25) is 0 Å². The van der Waals surface area contributed by atoms with Crippen molar-refractivity contribution in [3.8, 4) is 22.8 Å². The molecule has 0 saturated carbocycles. The molecule has 134 valence electrons. The second-order valence-corrected chi connectivity index (χ2v) is 6.16. The summed E-state index contributed by atoms with van der Waals surface area (Å²) in [6.07, 6.45) is 1.86. The summed E-state index contributed by atoms with van der Waals surface area (Å²) >= 11 is 0. The number of anilines is 3. The molecule has 0 radical (unpaired) electrons. The molecule has 7 heteroatoms. The molecule has 7 nitrogen and oxygen atoms in total. The first kappa shape index (κ1) is 15.5. The maximum atomic E-state index is 5.51. The number of aromatic nitrogens is 3. The first-order valence-electron chi connectivity index (χ1n) is 8.60. The van der Waals surface area contributed by atoms with E-state index in [4.69, 9.17) is 14.5 Å². The van der Waals surface area contributed by atoms with Crippen molar-refractivity contribution in [2.45, 2.75) is 0 Å². The Hall–Kier alpha value is -3.74. The van der Waals surface area contributed by atoms with Crippen LogP contribution in [-0.4, -0.2) is 28.8 Å². The van der Waals surface area contributed by atoms with Crippen LogP contribution in [0.1, 0.15) is 0 Å². The van der Waals surface area contributed by atoms with E-state index in [9.17, 15) is 0 Å². The molecular weight excluding hydrogens is 342 g/mol. The highest BCUT2D eigenvalue weighted by molar-refractivity contribution is 5.91. The fourth-order valence-corrected chi connectivity index (χ4v) is 3.14. The number of hydrogen-bond acceptors (Lipinski definition) is 6. The van der Waals surface area contributed by atoms with Crippen LogP contribution in [0.2, 0.25) is 0 Å². The summed E-state index contributed by atoms with van der Waals surface area (Å²) in [4.78, 5) is 12.6. The minimum Gasteiger partial charge on any atom is -0.454 e. The average Bonchev–Trinajstić information content (AvgIpc) is 3.36. The van der Waals surface area contributed by atoms with Crippen molar-refractivity contribution in [1.29, 1.82) is 0 Å². The van der Waals surface area contributed by atoms with Gasteiger partial charge in [0.15, 0.2) is 11.5 Å². The van der Waals surface area contributed by atoms with Crippen LogP contribution in [0.25, 0.3) is 22.3 Å². The number of benzene rings is 2. The van der Waals surface area contributed by atoms with Gasteiger partial charge in [-0.15, -0.1) is 0 Å². The third kappa shape index (κ3) is 2.79. The minimum atomic E-state index is 0.245. The molecule has 0 aliphatic carbocycles. The molecule has 1 aliphatic rings. The molecule has 0 saturated heterocycles. The van der Waals surface area contributed by atoms with Gasteiger partial charge in [-0.05, 0) is 42.5 Å². The summed E-state index contributed by atoms with van der Waals surface area (Å²) in [5, 5.41) is 6.42. The molecule has 0 fully saturated rings. The zero-order valence-corrected chi connectivity index (χ0v) is 14.6. The van der Waals surface area contributed by atoms with Gasteiger partial charge in [0.2, 0.25) is 12.7 Å². The van der Waals surface area contributed by atoms with E-state index in [1.807, 2.05) is 61.8 Å². The van der Waals surface area contributed by atoms with Crippen LogP contribution >= 0.6 is 0 Å². The molecule has 0 spiro atoms. The van der Waals surface area contributed by atoms with Crippen molar-refractivity contribution < 1.29 is 9.47 Å². The predicted octanol–water partition coefficient (Wildman–Crippen LogP) is 4.14. The molecule has 0 unspecified atom stereocenters. The Kier molecular flexibility index (Phi) is 3.57.